The van der Waals surface area contributed by atoms with Crippen molar-refractivity contribution in [2.45, 2.75) is 12.8 Å². The SMILES string of the molecule is O=Cc1c(C(=O)N2CCCC2)cc(Cl)nc1Cl. The second-order valence-corrected chi connectivity index (χ2v) is 4.56. The predicted molar refractivity (Wildman–Crippen MR) is 64.8 cm³/mol. The van der Waals surface area contributed by atoms with Gasteiger partial charge in [0.1, 0.15) is 10.3 Å². The fourth-order valence-electron chi connectivity index (χ4n) is 1.87. The van der Waals surface area contributed by atoms with Gasteiger partial charge in [-0.05, 0) is 18.9 Å². The molecule has 1 amide bonds. The first-order valence-corrected chi connectivity index (χ1v) is 5.99. The Kier molecular flexibility index (Phi) is 3.64. The lowest BCUT2D eigenvalue weighted by Crippen LogP contribution is -2.28. The van der Waals surface area contributed by atoms with Gasteiger partial charge in [0, 0.05) is 13.1 Å². The van der Waals surface area contributed by atoms with E-state index in [1.54, 1.807) is 4.90 Å². The van der Waals surface area contributed by atoms with Gasteiger partial charge in [0.25, 0.3) is 5.91 Å². The molecule has 1 aliphatic heterocycles. The molecule has 0 spiro atoms. The molecule has 1 aliphatic rings. The van der Waals surface area contributed by atoms with Gasteiger partial charge in [-0.15, -0.1) is 0 Å². The minimum absolute atomic E-state index is 0.0324. The molecule has 4 nitrogen and oxygen atoms in total. The summed E-state index contributed by atoms with van der Waals surface area (Å²) in [6.45, 7) is 1.41. The molecule has 2 heterocycles. The fourth-order valence-corrected chi connectivity index (χ4v) is 2.35. The topological polar surface area (TPSA) is 50.3 Å². The quantitative estimate of drug-likeness (QED) is 0.614. The zero-order valence-corrected chi connectivity index (χ0v) is 10.5. The largest absolute Gasteiger partial charge is 0.339 e. The normalized spacial score (nSPS) is 15.1. The highest BCUT2D eigenvalue weighted by Crippen LogP contribution is 2.23. The summed E-state index contributed by atoms with van der Waals surface area (Å²) in [5, 5.41) is 0.0817. The van der Waals surface area contributed by atoms with Crippen LogP contribution < -0.4 is 0 Å². The Balaban J connectivity index is 2.42. The van der Waals surface area contributed by atoms with Gasteiger partial charge in [0.05, 0.1) is 11.1 Å². The van der Waals surface area contributed by atoms with E-state index in [0.29, 0.717) is 19.4 Å². The van der Waals surface area contributed by atoms with Crippen molar-refractivity contribution in [3.63, 3.8) is 0 Å². The zero-order chi connectivity index (χ0) is 12.4. The highest BCUT2D eigenvalue weighted by Gasteiger charge is 2.23. The zero-order valence-electron chi connectivity index (χ0n) is 8.95. The van der Waals surface area contributed by atoms with Crippen molar-refractivity contribution in [1.82, 2.24) is 9.88 Å². The van der Waals surface area contributed by atoms with E-state index in [4.69, 9.17) is 23.2 Å². The first-order chi connectivity index (χ1) is 8.13. The van der Waals surface area contributed by atoms with Crippen LogP contribution in [0.2, 0.25) is 10.3 Å². The van der Waals surface area contributed by atoms with Crippen molar-refractivity contribution in [2.75, 3.05) is 13.1 Å². The molecule has 0 aromatic carbocycles. The van der Waals surface area contributed by atoms with E-state index in [1.165, 1.54) is 6.07 Å². The highest BCUT2D eigenvalue weighted by atomic mass is 35.5. The average molecular weight is 273 g/mol. The van der Waals surface area contributed by atoms with E-state index in [0.717, 1.165) is 12.8 Å². The lowest BCUT2D eigenvalue weighted by atomic mass is 10.1. The molecule has 1 saturated heterocycles. The van der Waals surface area contributed by atoms with Gasteiger partial charge < -0.3 is 4.90 Å². The Bertz CT molecular complexity index is 471. The van der Waals surface area contributed by atoms with Crippen molar-refractivity contribution in [2.24, 2.45) is 0 Å². The van der Waals surface area contributed by atoms with Crippen LogP contribution in [0.3, 0.4) is 0 Å². The summed E-state index contributed by atoms with van der Waals surface area (Å²) in [6.07, 6.45) is 2.50. The highest BCUT2D eigenvalue weighted by molar-refractivity contribution is 6.35. The number of rotatable bonds is 2. The summed E-state index contributed by atoms with van der Waals surface area (Å²) in [5.41, 5.74) is 0.333. The second-order valence-electron chi connectivity index (χ2n) is 3.81. The molecule has 90 valence electrons. The second kappa shape index (κ2) is 5.02. The summed E-state index contributed by atoms with van der Waals surface area (Å²) < 4.78 is 0. The molecule has 0 bridgehead atoms. The number of nitrogens with zero attached hydrogens (tertiary/aromatic N) is 2. The molecule has 0 saturated carbocycles. The third kappa shape index (κ3) is 2.42. The molecule has 1 fully saturated rings. The van der Waals surface area contributed by atoms with Crippen LogP contribution in [-0.4, -0.2) is 35.2 Å². The predicted octanol–water partition coefficient (Wildman–Crippen LogP) is 2.44. The lowest BCUT2D eigenvalue weighted by Gasteiger charge is -2.16. The number of hydrogen-bond acceptors (Lipinski definition) is 3. The first-order valence-electron chi connectivity index (χ1n) is 5.24. The number of carbonyl (C=O) groups is 2. The van der Waals surface area contributed by atoms with Gasteiger partial charge in [0.2, 0.25) is 0 Å². The minimum Gasteiger partial charge on any atom is -0.339 e. The summed E-state index contributed by atoms with van der Waals surface area (Å²) in [6, 6.07) is 1.39. The van der Waals surface area contributed by atoms with Crippen LogP contribution in [0.5, 0.6) is 0 Å². The van der Waals surface area contributed by atoms with Gasteiger partial charge in [0.15, 0.2) is 6.29 Å². The van der Waals surface area contributed by atoms with Crippen molar-refractivity contribution in [3.8, 4) is 0 Å². The molecular weight excluding hydrogens is 263 g/mol. The van der Waals surface area contributed by atoms with Crippen LogP contribution in [0.25, 0.3) is 0 Å². The molecule has 0 N–H and O–H groups in total. The minimum atomic E-state index is -0.212. The third-order valence-electron chi connectivity index (χ3n) is 2.72. The molecule has 0 radical (unpaired) electrons. The van der Waals surface area contributed by atoms with Gasteiger partial charge >= 0.3 is 0 Å². The van der Waals surface area contributed by atoms with Gasteiger partial charge in [-0.25, -0.2) is 4.98 Å². The maximum Gasteiger partial charge on any atom is 0.254 e. The van der Waals surface area contributed by atoms with E-state index in [2.05, 4.69) is 4.98 Å². The van der Waals surface area contributed by atoms with Gasteiger partial charge in [-0.3, -0.25) is 9.59 Å². The van der Waals surface area contributed by atoms with Crippen LogP contribution in [-0.2, 0) is 0 Å². The van der Waals surface area contributed by atoms with Crippen molar-refractivity contribution in [3.05, 3.63) is 27.5 Å². The Morgan fingerprint density at radius 1 is 1.35 bits per heavy atom. The molecular formula is C11H10Cl2N2O2. The van der Waals surface area contributed by atoms with E-state index in [1.807, 2.05) is 0 Å². The smallest absolute Gasteiger partial charge is 0.254 e. The molecule has 1 aromatic rings. The fraction of sp³-hybridized carbons (Fsp3) is 0.364. The Morgan fingerprint density at radius 2 is 2.00 bits per heavy atom. The van der Waals surface area contributed by atoms with E-state index in [-0.39, 0.29) is 27.3 Å². The molecule has 2 rings (SSSR count). The Labute approximate surface area is 109 Å². The average Bonchev–Trinajstić information content (AvgIpc) is 2.80. The maximum atomic E-state index is 12.2. The number of carbonyl (C=O) groups excluding carboxylic acids is 2. The third-order valence-corrected chi connectivity index (χ3v) is 3.20. The van der Waals surface area contributed by atoms with E-state index in [9.17, 15) is 9.59 Å². The van der Waals surface area contributed by atoms with Gasteiger partial charge in [-0.2, -0.15) is 0 Å². The number of hydrogen-bond donors (Lipinski definition) is 0. The van der Waals surface area contributed by atoms with Crippen LogP contribution in [0, 0.1) is 0 Å². The molecule has 17 heavy (non-hydrogen) atoms. The monoisotopic (exact) mass is 272 g/mol. The molecule has 0 atom stereocenters. The van der Waals surface area contributed by atoms with Gasteiger partial charge in [-0.1, -0.05) is 23.2 Å². The number of likely N-dealkylation sites (tertiary alicyclic amines) is 1. The molecule has 0 unspecified atom stereocenters. The van der Waals surface area contributed by atoms with Crippen molar-refractivity contribution >= 4 is 35.4 Å². The summed E-state index contributed by atoms with van der Waals surface area (Å²) in [7, 11) is 0. The van der Waals surface area contributed by atoms with Crippen LogP contribution >= 0.6 is 23.2 Å². The summed E-state index contributed by atoms with van der Waals surface area (Å²) >= 11 is 11.5. The molecule has 0 aliphatic carbocycles. The van der Waals surface area contributed by atoms with Crippen molar-refractivity contribution in [1.29, 1.82) is 0 Å². The van der Waals surface area contributed by atoms with Crippen molar-refractivity contribution < 1.29 is 9.59 Å². The standard InChI is InChI=1S/C11H10Cl2N2O2/c12-9-5-7(8(6-16)10(13)14-9)11(17)15-3-1-2-4-15/h5-6H,1-4H2. The summed E-state index contributed by atoms with van der Waals surface area (Å²) in [4.78, 5) is 28.5. The maximum absolute atomic E-state index is 12.2. The van der Waals surface area contributed by atoms with E-state index >= 15 is 0 Å². The number of pyridine rings is 1. The number of aromatic nitrogens is 1. The van der Waals surface area contributed by atoms with Crippen LogP contribution in [0.1, 0.15) is 33.6 Å². The van der Waals surface area contributed by atoms with Crippen LogP contribution in [0.4, 0.5) is 0 Å². The van der Waals surface area contributed by atoms with E-state index < -0.39 is 0 Å². The molecule has 1 aromatic heterocycles. The number of aldehydes is 1. The Hall–Kier alpha value is -1.13. The lowest BCUT2D eigenvalue weighted by molar-refractivity contribution is 0.0789. The summed E-state index contributed by atoms with van der Waals surface area (Å²) in [5.74, 6) is -0.212. The number of halogens is 2. The molecule has 6 heteroatoms. The number of amides is 1. The Morgan fingerprint density at radius 3 is 2.59 bits per heavy atom. The first kappa shape index (κ1) is 12.3. The van der Waals surface area contributed by atoms with Crippen LogP contribution in [0.15, 0.2) is 6.07 Å².